The molecule has 0 amide bonds. The molecule has 0 saturated heterocycles. The van der Waals surface area contributed by atoms with E-state index in [2.05, 4.69) is 10.1 Å². The smallest absolute Gasteiger partial charge is 0.181 e. The highest BCUT2D eigenvalue weighted by atomic mass is 16.5. The number of fused-ring (bicyclic) bond motifs is 1. The lowest BCUT2D eigenvalue weighted by Crippen LogP contribution is -2.11. The largest absolute Gasteiger partial charge is 0.497 e. The molecule has 0 spiro atoms. The van der Waals surface area contributed by atoms with Crippen molar-refractivity contribution in [1.29, 1.82) is 0 Å². The molecule has 1 aromatic heterocycles. The van der Waals surface area contributed by atoms with Gasteiger partial charge in [0.15, 0.2) is 5.82 Å². The molecule has 0 saturated carbocycles. The predicted molar refractivity (Wildman–Crippen MR) is 64.9 cm³/mol. The van der Waals surface area contributed by atoms with Crippen molar-refractivity contribution in [3.63, 3.8) is 0 Å². The first-order valence-electron chi connectivity index (χ1n) is 5.95. The molecular weight excluding hydrogens is 214 g/mol. The molecule has 1 aliphatic rings. The number of rotatable bonds is 2. The van der Waals surface area contributed by atoms with Crippen molar-refractivity contribution in [2.45, 2.75) is 25.8 Å². The number of aryl methyl sites for hydroxylation is 2. The van der Waals surface area contributed by atoms with Crippen molar-refractivity contribution >= 4 is 0 Å². The van der Waals surface area contributed by atoms with Crippen LogP contribution in [0.2, 0.25) is 0 Å². The zero-order valence-electron chi connectivity index (χ0n) is 9.89. The molecule has 4 heteroatoms. The lowest BCUT2D eigenvalue weighted by molar-refractivity contribution is 0.415. The van der Waals surface area contributed by atoms with Crippen molar-refractivity contribution < 1.29 is 4.74 Å². The van der Waals surface area contributed by atoms with Gasteiger partial charge in [0, 0.05) is 18.5 Å². The van der Waals surface area contributed by atoms with Crippen LogP contribution in [0.5, 0.6) is 5.75 Å². The molecule has 88 valence electrons. The highest BCUT2D eigenvalue weighted by Crippen LogP contribution is 2.21. The number of hydrogen-bond acceptors (Lipinski definition) is 3. The fourth-order valence-corrected chi connectivity index (χ4v) is 2.15. The van der Waals surface area contributed by atoms with Crippen LogP contribution in [0.1, 0.15) is 18.7 Å². The van der Waals surface area contributed by atoms with Crippen LogP contribution >= 0.6 is 0 Å². The molecular formula is C13H15N3O. The molecule has 0 unspecified atom stereocenters. The van der Waals surface area contributed by atoms with E-state index in [0.29, 0.717) is 0 Å². The Kier molecular flexibility index (Phi) is 2.55. The Labute approximate surface area is 100 Å². The van der Waals surface area contributed by atoms with E-state index in [1.54, 1.807) is 7.11 Å². The second-order valence-electron chi connectivity index (χ2n) is 4.26. The number of methoxy groups -OCH3 is 1. The molecule has 4 nitrogen and oxygen atoms in total. The zero-order valence-corrected chi connectivity index (χ0v) is 9.89. The summed E-state index contributed by atoms with van der Waals surface area (Å²) in [6.45, 7) is 0.999. The van der Waals surface area contributed by atoms with E-state index < -0.39 is 0 Å². The zero-order chi connectivity index (χ0) is 11.7. The van der Waals surface area contributed by atoms with Gasteiger partial charge in [0.1, 0.15) is 11.6 Å². The maximum Gasteiger partial charge on any atom is 0.181 e. The molecule has 1 aliphatic heterocycles. The molecule has 0 bridgehead atoms. The second kappa shape index (κ2) is 4.20. The van der Waals surface area contributed by atoms with Crippen molar-refractivity contribution in [1.82, 2.24) is 14.8 Å². The van der Waals surface area contributed by atoms with Gasteiger partial charge in [-0.05, 0) is 37.1 Å². The summed E-state index contributed by atoms with van der Waals surface area (Å²) in [5.41, 5.74) is 1.05. The van der Waals surface area contributed by atoms with Gasteiger partial charge in [-0.25, -0.2) is 9.67 Å². The third kappa shape index (κ3) is 1.90. The van der Waals surface area contributed by atoms with Gasteiger partial charge in [-0.3, -0.25) is 0 Å². The highest BCUT2D eigenvalue weighted by molar-refractivity contribution is 5.55. The highest BCUT2D eigenvalue weighted by Gasteiger charge is 2.14. The van der Waals surface area contributed by atoms with Gasteiger partial charge >= 0.3 is 0 Å². The van der Waals surface area contributed by atoms with Gasteiger partial charge in [-0.15, -0.1) is 0 Å². The van der Waals surface area contributed by atoms with Crippen molar-refractivity contribution in [2.75, 3.05) is 7.11 Å². The summed E-state index contributed by atoms with van der Waals surface area (Å²) in [6.07, 6.45) is 3.47. The quantitative estimate of drug-likeness (QED) is 0.793. The molecule has 2 heterocycles. The maximum atomic E-state index is 5.14. The minimum atomic E-state index is 0.824. The van der Waals surface area contributed by atoms with Gasteiger partial charge in [0.25, 0.3) is 0 Å². The number of hydrogen-bond donors (Lipinski definition) is 0. The molecule has 0 fully saturated rings. The van der Waals surface area contributed by atoms with Crippen LogP contribution in [-0.4, -0.2) is 21.9 Å². The number of aromatic nitrogens is 3. The van der Waals surface area contributed by atoms with Crippen molar-refractivity contribution in [3.05, 3.63) is 30.1 Å². The Morgan fingerprint density at radius 1 is 1.18 bits per heavy atom. The van der Waals surface area contributed by atoms with Crippen LogP contribution in [-0.2, 0) is 13.0 Å². The van der Waals surface area contributed by atoms with Crippen LogP contribution in [0.3, 0.4) is 0 Å². The van der Waals surface area contributed by atoms with E-state index in [0.717, 1.165) is 35.9 Å². The second-order valence-corrected chi connectivity index (χ2v) is 4.26. The minimum Gasteiger partial charge on any atom is -0.497 e. The first kappa shape index (κ1) is 10.3. The minimum absolute atomic E-state index is 0.824. The van der Waals surface area contributed by atoms with Gasteiger partial charge in [0.05, 0.1) is 7.11 Å². The van der Waals surface area contributed by atoms with E-state index >= 15 is 0 Å². The molecule has 0 radical (unpaired) electrons. The van der Waals surface area contributed by atoms with E-state index in [1.807, 2.05) is 28.9 Å². The van der Waals surface area contributed by atoms with Gasteiger partial charge < -0.3 is 4.74 Å². The monoisotopic (exact) mass is 229 g/mol. The SMILES string of the molecule is COc1ccc(-c2nc3n(n2)CCCC3)cc1. The Morgan fingerprint density at radius 3 is 2.71 bits per heavy atom. The summed E-state index contributed by atoms with van der Waals surface area (Å²) in [5.74, 6) is 2.80. The van der Waals surface area contributed by atoms with Crippen molar-refractivity contribution in [2.24, 2.45) is 0 Å². The number of benzene rings is 1. The Hall–Kier alpha value is -1.84. The lowest BCUT2D eigenvalue weighted by atomic mass is 10.2. The summed E-state index contributed by atoms with van der Waals surface area (Å²) >= 11 is 0. The summed E-state index contributed by atoms with van der Waals surface area (Å²) < 4.78 is 7.17. The first-order chi connectivity index (χ1) is 8.36. The molecule has 2 aromatic rings. The third-order valence-electron chi connectivity index (χ3n) is 3.12. The van der Waals surface area contributed by atoms with E-state index in [9.17, 15) is 0 Å². The standard InChI is InChI=1S/C13H15N3O/c1-17-11-7-5-10(6-8-11)13-14-12-4-2-3-9-16(12)15-13/h5-8H,2-4,9H2,1H3. The molecule has 17 heavy (non-hydrogen) atoms. The average Bonchev–Trinajstić information content (AvgIpc) is 2.82. The van der Waals surface area contributed by atoms with Crippen LogP contribution in [0.25, 0.3) is 11.4 Å². The van der Waals surface area contributed by atoms with Crippen LogP contribution in [0.15, 0.2) is 24.3 Å². The van der Waals surface area contributed by atoms with Gasteiger partial charge in [-0.1, -0.05) is 0 Å². The van der Waals surface area contributed by atoms with E-state index in [1.165, 1.54) is 12.8 Å². The van der Waals surface area contributed by atoms with Gasteiger partial charge in [-0.2, -0.15) is 5.10 Å². The predicted octanol–water partition coefficient (Wildman–Crippen LogP) is 2.29. The van der Waals surface area contributed by atoms with Crippen LogP contribution in [0, 0.1) is 0 Å². The Morgan fingerprint density at radius 2 is 2.00 bits per heavy atom. The van der Waals surface area contributed by atoms with Crippen LogP contribution < -0.4 is 4.74 Å². The molecule has 0 N–H and O–H groups in total. The molecule has 0 aliphatic carbocycles. The van der Waals surface area contributed by atoms with E-state index in [4.69, 9.17) is 4.74 Å². The van der Waals surface area contributed by atoms with Crippen molar-refractivity contribution in [3.8, 4) is 17.1 Å². The Bertz CT molecular complexity index is 492. The third-order valence-corrected chi connectivity index (χ3v) is 3.12. The Balaban J connectivity index is 1.94. The van der Waals surface area contributed by atoms with Crippen LogP contribution in [0.4, 0.5) is 0 Å². The number of ether oxygens (including phenoxy) is 1. The fraction of sp³-hybridized carbons (Fsp3) is 0.385. The van der Waals surface area contributed by atoms with Gasteiger partial charge in [0.2, 0.25) is 0 Å². The molecule has 0 atom stereocenters. The first-order valence-corrected chi connectivity index (χ1v) is 5.95. The molecule has 1 aromatic carbocycles. The topological polar surface area (TPSA) is 39.9 Å². The lowest BCUT2D eigenvalue weighted by Gasteiger charge is -2.09. The van der Waals surface area contributed by atoms with E-state index in [-0.39, 0.29) is 0 Å². The summed E-state index contributed by atoms with van der Waals surface area (Å²) in [6, 6.07) is 7.88. The maximum absolute atomic E-state index is 5.14. The fourth-order valence-electron chi connectivity index (χ4n) is 2.15. The molecule has 3 rings (SSSR count). The number of nitrogens with zero attached hydrogens (tertiary/aromatic N) is 3. The normalized spacial score (nSPS) is 14.4. The average molecular weight is 229 g/mol. The summed E-state index contributed by atoms with van der Waals surface area (Å²) in [5, 5.41) is 4.54. The summed E-state index contributed by atoms with van der Waals surface area (Å²) in [7, 11) is 1.67. The summed E-state index contributed by atoms with van der Waals surface area (Å²) in [4.78, 5) is 4.59.